The van der Waals surface area contributed by atoms with E-state index in [-0.39, 0.29) is 18.2 Å². The number of hydrogen-bond donors (Lipinski definition) is 1. The molecule has 0 spiro atoms. The Kier molecular flexibility index (Phi) is 5.01. The van der Waals surface area contributed by atoms with Crippen LogP contribution in [0.15, 0.2) is 41.5 Å². The molecule has 0 unspecified atom stereocenters. The van der Waals surface area contributed by atoms with Crippen LogP contribution in [0.4, 0.5) is 26.3 Å². The van der Waals surface area contributed by atoms with Gasteiger partial charge in [0, 0.05) is 19.8 Å². The van der Waals surface area contributed by atoms with Gasteiger partial charge in [0.05, 0.1) is 23.0 Å². The maximum atomic E-state index is 13.4. The number of hydrogen-bond acceptors (Lipinski definition) is 3. The fraction of sp³-hybridized carbons (Fsp3) is 0.235. The third-order valence-corrected chi connectivity index (χ3v) is 3.98. The van der Waals surface area contributed by atoms with Crippen molar-refractivity contribution in [1.82, 2.24) is 20.0 Å². The molecule has 0 bridgehead atoms. The Morgan fingerprint density at radius 2 is 1.82 bits per heavy atom. The van der Waals surface area contributed by atoms with Gasteiger partial charge in [-0.15, -0.1) is 0 Å². The summed E-state index contributed by atoms with van der Waals surface area (Å²) < 4.78 is 80.0. The number of aromatic amines is 1. The van der Waals surface area contributed by atoms with Crippen LogP contribution in [0.2, 0.25) is 0 Å². The van der Waals surface area contributed by atoms with E-state index in [1.165, 1.54) is 24.0 Å². The zero-order valence-corrected chi connectivity index (χ0v) is 14.3. The number of nitrogens with zero attached hydrogens (tertiary/aromatic N) is 4. The summed E-state index contributed by atoms with van der Waals surface area (Å²) in [7, 11) is 1.52. The van der Waals surface area contributed by atoms with E-state index < -0.39 is 23.5 Å². The summed E-state index contributed by atoms with van der Waals surface area (Å²) in [6.45, 7) is -0.301. The number of halogens is 6. The third kappa shape index (κ3) is 3.92. The van der Waals surface area contributed by atoms with Gasteiger partial charge in [-0.25, -0.2) is 0 Å². The largest absolute Gasteiger partial charge is 0.416 e. The van der Waals surface area contributed by atoms with E-state index in [1.54, 1.807) is 12.1 Å². The van der Waals surface area contributed by atoms with Crippen molar-refractivity contribution in [3.63, 3.8) is 0 Å². The predicted octanol–water partition coefficient (Wildman–Crippen LogP) is 4.41. The maximum Gasteiger partial charge on any atom is 0.416 e. The molecule has 11 heteroatoms. The summed E-state index contributed by atoms with van der Waals surface area (Å²) in [5.74, 6) is 0. The van der Waals surface area contributed by atoms with Crippen molar-refractivity contribution in [1.29, 1.82) is 0 Å². The molecule has 0 saturated heterocycles. The number of rotatable bonds is 4. The van der Waals surface area contributed by atoms with Crippen LogP contribution in [0.1, 0.15) is 22.4 Å². The molecule has 2 heterocycles. The van der Waals surface area contributed by atoms with Crippen LogP contribution < -0.4 is 0 Å². The van der Waals surface area contributed by atoms with Gasteiger partial charge in [-0.3, -0.25) is 4.99 Å². The Balaban J connectivity index is 2.04. The summed E-state index contributed by atoms with van der Waals surface area (Å²) in [6, 6.07) is 4.81. The van der Waals surface area contributed by atoms with Crippen molar-refractivity contribution in [3.8, 4) is 11.4 Å². The van der Waals surface area contributed by atoms with E-state index in [4.69, 9.17) is 0 Å². The van der Waals surface area contributed by atoms with Gasteiger partial charge in [0.1, 0.15) is 11.4 Å². The van der Waals surface area contributed by atoms with Crippen LogP contribution >= 0.6 is 0 Å². The normalized spacial score (nSPS) is 12.8. The highest BCUT2D eigenvalue weighted by molar-refractivity contribution is 5.85. The van der Waals surface area contributed by atoms with Crippen molar-refractivity contribution >= 4 is 6.21 Å². The van der Waals surface area contributed by atoms with Crippen LogP contribution in [-0.2, 0) is 18.9 Å². The van der Waals surface area contributed by atoms with Crippen molar-refractivity contribution < 1.29 is 26.3 Å². The van der Waals surface area contributed by atoms with E-state index in [2.05, 4.69) is 20.4 Å². The van der Waals surface area contributed by atoms with Crippen LogP contribution in [0.5, 0.6) is 0 Å². The lowest BCUT2D eigenvalue weighted by atomic mass is 10.0. The molecule has 0 fully saturated rings. The lowest BCUT2D eigenvalue weighted by molar-refractivity contribution is -0.143. The second kappa shape index (κ2) is 7.13. The van der Waals surface area contributed by atoms with Gasteiger partial charge < -0.3 is 4.57 Å². The predicted molar refractivity (Wildman–Crippen MR) is 88.9 cm³/mol. The van der Waals surface area contributed by atoms with E-state index in [1.807, 2.05) is 0 Å². The summed E-state index contributed by atoms with van der Waals surface area (Å²) in [5.41, 5.74) is -1.81. The zero-order chi connectivity index (χ0) is 20.5. The molecular weight excluding hydrogens is 388 g/mol. The monoisotopic (exact) mass is 401 g/mol. The van der Waals surface area contributed by atoms with Crippen LogP contribution in [-0.4, -0.2) is 33.2 Å². The first-order valence-electron chi connectivity index (χ1n) is 7.87. The van der Waals surface area contributed by atoms with E-state index in [0.29, 0.717) is 23.1 Å². The molecule has 0 amide bonds. The number of benzene rings is 1. The minimum Gasteiger partial charge on any atom is -0.342 e. The number of aromatic nitrogens is 4. The molecule has 1 aromatic carbocycles. The maximum absolute atomic E-state index is 13.4. The molecule has 0 aliphatic rings. The average Bonchev–Trinajstić information content (AvgIpc) is 3.22. The summed E-state index contributed by atoms with van der Waals surface area (Å²) >= 11 is 0. The Morgan fingerprint density at radius 3 is 2.46 bits per heavy atom. The Morgan fingerprint density at radius 1 is 1.07 bits per heavy atom. The second-order valence-corrected chi connectivity index (χ2v) is 5.83. The zero-order valence-electron chi connectivity index (χ0n) is 14.3. The van der Waals surface area contributed by atoms with Gasteiger partial charge in [-0.1, -0.05) is 6.07 Å². The lowest BCUT2D eigenvalue weighted by Crippen LogP contribution is -2.15. The number of aliphatic imine (C=N–C) groups is 1. The first kappa shape index (κ1) is 19.6. The van der Waals surface area contributed by atoms with Crippen molar-refractivity contribution in [2.45, 2.75) is 18.9 Å². The number of alkyl halides is 6. The van der Waals surface area contributed by atoms with Gasteiger partial charge in [0.25, 0.3) is 0 Å². The van der Waals surface area contributed by atoms with E-state index >= 15 is 0 Å². The first-order chi connectivity index (χ1) is 13.1. The van der Waals surface area contributed by atoms with Gasteiger partial charge in [0.15, 0.2) is 0 Å². The highest BCUT2D eigenvalue weighted by Gasteiger charge is 2.38. The molecule has 3 rings (SSSR count). The number of H-pyrrole nitrogens is 1. The molecule has 0 aliphatic heterocycles. The van der Waals surface area contributed by atoms with E-state index in [0.717, 1.165) is 6.07 Å². The summed E-state index contributed by atoms with van der Waals surface area (Å²) in [4.78, 5) is 3.83. The minimum atomic E-state index is -4.93. The molecule has 0 atom stereocenters. The van der Waals surface area contributed by atoms with Gasteiger partial charge in [-0.05, 0) is 29.8 Å². The SMILES string of the molecule is CN=Cc1n[nH]nc1-c1cccn1Cc1ccc(C(F)(F)F)cc1C(F)(F)F. The molecule has 0 aliphatic carbocycles. The van der Waals surface area contributed by atoms with Crippen molar-refractivity contribution in [2.24, 2.45) is 4.99 Å². The molecular formula is C17H13F6N5. The fourth-order valence-electron chi connectivity index (χ4n) is 2.74. The molecule has 3 aromatic rings. The quantitative estimate of drug-likeness (QED) is 0.520. The summed E-state index contributed by atoms with van der Waals surface area (Å²) in [6.07, 6.45) is -6.87. The Bertz CT molecular complexity index is 996. The molecule has 0 saturated carbocycles. The first-order valence-corrected chi connectivity index (χ1v) is 7.87. The second-order valence-electron chi connectivity index (χ2n) is 5.83. The molecule has 28 heavy (non-hydrogen) atoms. The van der Waals surface area contributed by atoms with Gasteiger partial charge in [-0.2, -0.15) is 41.8 Å². The summed E-state index contributed by atoms with van der Waals surface area (Å²) in [5, 5.41) is 10.3. The molecule has 0 radical (unpaired) electrons. The number of nitrogens with one attached hydrogen (secondary N) is 1. The van der Waals surface area contributed by atoms with Crippen molar-refractivity contribution in [2.75, 3.05) is 7.05 Å². The fourth-order valence-corrected chi connectivity index (χ4v) is 2.74. The molecule has 148 valence electrons. The average molecular weight is 401 g/mol. The van der Waals surface area contributed by atoms with Crippen LogP contribution in [0.3, 0.4) is 0 Å². The Labute approximate surface area is 154 Å². The lowest BCUT2D eigenvalue weighted by Gasteiger charge is -2.17. The molecule has 5 nitrogen and oxygen atoms in total. The van der Waals surface area contributed by atoms with Gasteiger partial charge >= 0.3 is 12.4 Å². The standard InChI is InChI=1S/C17H13F6N5/c1-24-8-13-15(26-27-25-13)14-3-2-6-28(14)9-10-4-5-11(16(18,19)20)7-12(10)17(21,22)23/h2-8H,9H2,1H3,(H,25,26,27). The van der Waals surface area contributed by atoms with Gasteiger partial charge in [0.2, 0.25) is 0 Å². The highest BCUT2D eigenvalue weighted by Crippen LogP contribution is 2.38. The third-order valence-electron chi connectivity index (χ3n) is 3.98. The molecule has 1 N–H and O–H groups in total. The highest BCUT2D eigenvalue weighted by atomic mass is 19.4. The van der Waals surface area contributed by atoms with Crippen LogP contribution in [0, 0.1) is 0 Å². The van der Waals surface area contributed by atoms with E-state index in [9.17, 15) is 26.3 Å². The van der Waals surface area contributed by atoms with Crippen molar-refractivity contribution in [3.05, 3.63) is 58.9 Å². The minimum absolute atomic E-state index is 0.129. The topological polar surface area (TPSA) is 58.9 Å². The smallest absolute Gasteiger partial charge is 0.342 e. The molecule has 2 aromatic heterocycles. The van der Waals surface area contributed by atoms with Crippen LogP contribution in [0.25, 0.3) is 11.4 Å². The Hall–Kier alpha value is -3.11.